The molecule has 2 heteroatoms. The van der Waals surface area contributed by atoms with Crippen molar-refractivity contribution in [1.29, 1.82) is 0 Å². The van der Waals surface area contributed by atoms with Crippen LogP contribution in [0.5, 0.6) is 0 Å². The Kier molecular flexibility index (Phi) is 4.41. The van der Waals surface area contributed by atoms with Crippen LogP contribution in [0, 0.1) is 5.92 Å². The number of rotatable bonds is 4. The molecule has 1 N–H and O–H groups in total. The number of hydrogen-bond acceptors (Lipinski definition) is 2. The van der Waals surface area contributed by atoms with Crippen LogP contribution in [0.2, 0.25) is 0 Å². The summed E-state index contributed by atoms with van der Waals surface area (Å²) in [6.45, 7) is 1.13. The minimum atomic E-state index is -0.0950. The molecule has 17 heavy (non-hydrogen) atoms. The van der Waals surface area contributed by atoms with E-state index < -0.39 is 0 Å². The molecule has 0 spiro atoms. The minimum absolute atomic E-state index is 0.0950. The van der Waals surface area contributed by atoms with Gasteiger partial charge in [-0.05, 0) is 65.1 Å². The summed E-state index contributed by atoms with van der Waals surface area (Å²) in [4.78, 5) is 2.23. The van der Waals surface area contributed by atoms with E-state index in [0.717, 1.165) is 32.2 Å². The number of nitrogens with zero attached hydrogens (tertiary/aromatic N) is 1. The molecule has 0 radical (unpaired) electrons. The summed E-state index contributed by atoms with van der Waals surface area (Å²) in [5, 5.41) is 10.2. The van der Waals surface area contributed by atoms with Crippen molar-refractivity contribution in [1.82, 2.24) is 4.90 Å². The fourth-order valence-corrected chi connectivity index (χ4v) is 3.03. The lowest BCUT2D eigenvalue weighted by Gasteiger charge is -2.33. The van der Waals surface area contributed by atoms with Gasteiger partial charge in [-0.25, -0.2) is 0 Å². The summed E-state index contributed by atoms with van der Waals surface area (Å²) in [7, 11) is 4.23. The SMILES string of the molecule is CN(C)CCCC1CC2=C(CC=CC2)CC1O. The van der Waals surface area contributed by atoms with E-state index in [1.54, 1.807) is 5.57 Å². The van der Waals surface area contributed by atoms with Gasteiger partial charge in [-0.2, -0.15) is 0 Å². The highest BCUT2D eigenvalue weighted by molar-refractivity contribution is 5.27. The zero-order chi connectivity index (χ0) is 12.3. The zero-order valence-corrected chi connectivity index (χ0v) is 11.2. The van der Waals surface area contributed by atoms with Gasteiger partial charge in [-0.1, -0.05) is 23.3 Å². The van der Waals surface area contributed by atoms with Crippen molar-refractivity contribution < 1.29 is 5.11 Å². The first-order valence-corrected chi connectivity index (χ1v) is 6.84. The molecule has 2 atom stereocenters. The van der Waals surface area contributed by atoms with Crippen LogP contribution < -0.4 is 0 Å². The monoisotopic (exact) mass is 235 g/mol. The van der Waals surface area contributed by atoms with Gasteiger partial charge < -0.3 is 10.0 Å². The maximum Gasteiger partial charge on any atom is 0.0608 e. The average Bonchev–Trinajstić information content (AvgIpc) is 2.29. The maximum atomic E-state index is 10.2. The van der Waals surface area contributed by atoms with Gasteiger partial charge in [-0.15, -0.1) is 0 Å². The number of aliphatic hydroxyl groups excluding tert-OH is 1. The van der Waals surface area contributed by atoms with E-state index in [1.165, 1.54) is 18.4 Å². The van der Waals surface area contributed by atoms with E-state index in [2.05, 4.69) is 31.1 Å². The smallest absolute Gasteiger partial charge is 0.0608 e. The van der Waals surface area contributed by atoms with Crippen molar-refractivity contribution in [2.45, 2.75) is 44.6 Å². The van der Waals surface area contributed by atoms with Gasteiger partial charge in [0.05, 0.1) is 6.10 Å². The molecular weight excluding hydrogens is 210 g/mol. The Morgan fingerprint density at radius 2 is 1.82 bits per heavy atom. The van der Waals surface area contributed by atoms with Gasteiger partial charge >= 0.3 is 0 Å². The molecule has 0 aromatic carbocycles. The minimum Gasteiger partial charge on any atom is -0.392 e. The van der Waals surface area contributed by atoms with Crippen molar-refractivity contribution in [3.05, 3.63) is 23.3 Å². The molecule has 0 aromatic heterocycles. The Labute approximate surface area is 105 Å². The number of aliphatic hydroxyl groups is 1. The number of hydrogen-bond donors (Lipinski definition) is 1. The van der Waals surface area contributed by atoms with Crippen molar-refractivity contribution in [2.24, 2.45) is 5.92 Å². The van der Waals surface area contributed by atoms with Crippen LogP contribution in [0.1, 0.15) is 38.5 Å². The van der Waals surface area contributed by atoms with E-state index in [1.807, 2.05) is 0 Å². The topological polar surface area (TPSA) is 23.5 Å². The molecule has 2 aliphatic carbocycles. The van der Waals surface area contributed by atoms with Gasteiger partial charge in [0.15, 0.2) is 0 Å². The van der Waals surface area contributed by atoms with E-state index in [-0.39, 0.29) is 6.10 Å². The standard InChI is InChI=1S/C15H25NO/c1-16(2)9-5-8-14-10-12-6-3-4-7-13(12)11-15(14)17/h3-4,14-15,17H,5-11H2,1-2H3. The molecule has 2 aliphatic rings. The van der Waals surface area contributed by atoms with Crippen LogP contribution in [0.4, 0.5) is 0 Å². The molecule has 2 nitrogen and oxygen atoms in total. The summed E-state index contributed by atoms with van der Waals surface area (Å²) >= 11 is 0. The van der Waals surface area contributed by atoms with Crippen LogP contribution >= 0.6 is 0 Å². The fraction of sp³-hybridized carbons (Fsp3) is 0.733. The Balaban J connectivity index is 1.86. The first-order valence-electron chi connectivity index (χ1n) is 6.84. The van der Waals surface area contributed by atoms with Gasteiger partial charge in [0, 0.05) is 0 Å². The quantitative estimate of drug-likeness (QED) is 0.757. The molecule has 2 rings (SSSR count). The van der Waals surface area contributed by atoms with Gasteiger partial charge in [-0.3, -0.25) is 0 Å². The largest absolute Gasteiger partial charge is 0.392 e. The highest BCUT2D eigenvalue weighted by atomic mass is 16.3. The Hall–Kier alpha value is -0.600. The van der Waals surface area contributed by atoms with Crippen LogP contribution in [0.15, 0.2) is 23.3 Å². The molecular formula is C15H25NO. The van der Waals surface area contributed by atoms with Crippen LogP contribution in [0.25, 0.3) is 0 Å². The second-order valence-corrected chi connectivity index (χ2v) is 5.77. The van der Waals surface area contributed by atoms with Gasteiger partial charge in [0.2, 0.25) is 0 Å². The molecule has 2 unspecified atom stereocenters. The molecule has 0 fully saturated rings. The average molecular weight is 235 g/mol. The molecule has 0 aromatic rings. The number of allylic oxidation sites excluding steroid dienone is 3. The van der Waals surface area contributed by atoms with Crippen molar-refractivity contribution >= 4 is 0 Å². The third kappa shape index (κ3) is 3.43. The Bertz CT molecular complexity index is 317. The third-order valence-corrected chi connectivity index (χ3v) is 4.08. The zero-order valence-electron chi connectivity index (χ0n) is 11.2. The van der Waals surface area contributed by atoms with E-state index in [0.29, 0.717) is 5.92 Å². The lowest BCUT2D eigenvalue weighted by atomic mass is 9.76. The Morgan fingerprint density at radius 1 is 1.18 bits per heavy atom. The first kappa shape index (κ1) is 12.8. The second-order valence-electron chi connectivity index (χ2n) is 5.77. The molecule has 0 saturated heterocycles. The van der Waals surface area contributed by atoms with Crippen LogP contribution in [0.3, 0.4) is 0 Å². The van der Waals surface area contributed by atoms with Gasteiger partial charge in [0.25, 0.3) is 0 Å². The summed E-state index contributed by atoms with van der Waals surface area (Å²) in [6, 6.07) is 0. The van der Waals surface area contributed by atoms with Crippen molar-refractivity contribution in [2.75, 3.05) is 20.6 Å². The lowest BCUT2D eigenvalue weighted by Crippen LogP contribution is -2.28. The Morgan fingerprint density at radius 3 is 2.47 bits per heavy atom. The highest BCUT2D eigenvalue weighted by Gasteiger charge is 2.28. The summed E-state index contributed by atoms with van der Waals surface area (Å²) in [5.41, 5.74) is 3.14. The van der Waals surface area contributed by atoms with Crippen LogP contribution in [-0.4, -0.2) is 36.8 Å². The van der Waals surface area contributed by atoms with Crippen molar-refractivity contribution in [3.8, 4) is 0 Å². The van der Waals surface area contributed by atoms with Gasteiger partial charge in [0.1, 0.15) is 0 Å². The molecule has 0 bridgehead atoms. The van der Waals surface area contributed by atoms with Crippen LogP contribution in [-0.2, 0) is 0 Å². The first-order chi connectivity index (χ1) is 8.16. The van der Waals surface area contributed by atoms with E-state index in [4.69, 9.17) is 0 Å². The third-order valence-electron chi connectivity index (χ3n) is 4.08. The van der Waals surface area contributed by atoms with Crippen molar-refractivity contribution in [3.63, 3.8) is 0 Å². The normalized spacial score (nSPS) is 28.7. The summed E-state index contributed by atoms with van der Waals surface area (Å²) in [5.74, 6) is 0.500. The summed E-state index contributed by atoms with van der Waals surface area (Å²) in [6.07, 6.45) is 11.1. The molecule has 0 aliphatic heterocycles. The maximum absolute atomic E-state index is 10.2. The predicted molar refractivity (Wildman–Crippen MR) is 71.9 cm³/mol. The lowest BCUT2D eigenvalue weighted by molar-refractivity contribution is 0.0907. The van der Waals surface area contributed by atoms with E-state index >= 15 is 0 Å². The highest BCUT2D eigenvalue weighted by Crippen LogP contribution is 2.37. The molecule has 96 valence electrons. The predicted octanol–water partition coefficient (Wildman–Crippen LogP) is 2.75. The second kappa shape index (κ2) is 5.83. The summed E-state index contributed by atoms with van der Waals surface area (Å²) < 4.78 is 0. The fourth-order valence-electron chi connectivity index (χ4n) is 3.03. The molecule has 0 heterocycles. The van der Waals surface area contributed by atoms with E-state index in [9.17, 15) is 5.11 Å². The molecule has 0 amide bonds. The molecule has 0 saturated carbocycles.